The summed E-state index contributed by atoms with van der Waals surface area (Å²) in [6, 6.07) is -2.12. The summed E-state index contributed by atoms with van der Waals surface area (Å²) in [5, 5.41) is 4.61. The van der Waals surface area contributed by atoms with E-state index in [1.165, 1.54) is 14.0 Å². The summed E-state index contributed by atoms with van der Waals surface area (Å²) in [6.07, 6.45) is -1.27. The molecule has 23 heavy (non-hydrogen) atoms. The van der Waals surface area contributed by atoms with E-state index < -0.39 is 48.0 Å². The Kier molecular flexibility index (Phi) is 8.06. The van der Waals surface area contributed by atoms with Crippen molar-refractivity contribution < 1.29 is 33.4 Å². The number of methoxy groups -OCH3 is 2. The van der Waals surface area contributed by atoms with Gasteiger partial charge < -0.3 is 24.8 Å². The van der Waals surface area contributed by atoms with E-state index in [0.717, 1.165) is 7.11 Å². The molecule has 0 unspecified atom stereocenters. The van der Waals surface area contributed by atoms with Crippen LogP contribution in [0.15, 0.2) is 0 Å². The third-order valence-electron chi connectivity index (χ3n) is 2.50. The number of rotatable bonds is 6. The summed E-state index contributed by atoms with van der Waals surface area (Å²) >= 11 is 0. The van der Waals surface area contributed by atoms with Gasteiger partial charge in [-0.2, -0.15) is 0 Å². The SMILES string of the molecule is COC(=O)[C@H](C)NC(=O)C[C@H](NC(=O)OC(C)(C)C)C(=O)OC. The van der Waals surface area contributed by atoms with Gasteiger partial charge in [0.05, 0.1) is 20.6 Å². The number of hydrogen-bond donors (Lipinski definition) is 2. The van der Waals surface area contributed by atoms with Gasteiger partial charge in [0.15, 0.2) is 0 Å². The molecule has 2 N–H and O–H groups in total. The lowest BCUT2D eigenvalue weighted by Gasteiger charge is -2.22. The molecule has 0 saturated carbocycles. The zero-order valence-corrected chi connectivity index (χ0v) is 14.2. The van der Waals surface area contributed by atoms with Crippen LogP contribution in [0.5, 0.6) is 0 Å². The molecule has 0 saturated heterocycles. The summed E-state index contributed by atoms with van der Waals surface area (Å²) in [5.74, 6) is -2.07. The van der Waals surface area contributed by atoms with Gasteiger partial charge in [-0.05, 0) is 27.7 Å². The number of nitrogens with one attached hydrogen (secondary N) is 2. The van der Waals surface area contributed by atoms with Crippen LogP contribution in [0.25, 0.3) is 0 Å². The molecule has 0 aromatic carbocycles. The Morgan fingerprint density at radius 3 is 1.91 bits per heavy atom. The molecule has 0 aliphatic carbocycles. The predicted molar refractivity (Wildman–Crippen MR) is 79.4 cm³/mol. The maximum absolute atomic E-state index is 11.9. The van der Waals surface area contributed by atoms with Crippen molar-refractivity contribution in [3.8, 4) is 0 Å². The number of ether oxygens (including phenoxy) is 3. The van der Waals surface area contributed by atoms with E-state index in [1.807, 2.05) is 0 Å². The average molecular weight is 332 g/mol. The van der Waals surface area contributed by atoms with Crippen molar-refractivity contribution in [2.45, 2.75) is 51.8 Å². The Hall–Kier alpha value is -2.32. The van der Waals surface area contributed by atoms with Gasteiger partial charge in [0.2, 0.25) is 5.91 Å². The second kappa shape index (κ2) is 8.96. The minimum Gasteiger partial charge on any atom is -0.467 e. The normalized spacial score (nSPS) is 13.3. The predicted octanol–water partition coefficient (Wildman–Crippen LogP) is 0.121. The summed E-state index contributed by atoms with van der Waals surface area (Å²) in [6.45, 7) is 6.40. The molecule has 0 aliphatic heterocycles. The van der Waals surface area contributed by atoms with Crippen LogP contribution in [0, 0.1) is 0 Å². The van der Waals surface area contributed by atoms with Gasteiger partial charge in [-0.3, -0.25) is 4.79 Å². The Balaban J connectivity index is 4.74. The summed E-state index contributed by atoms with van der Waals surface area (Å²) in [7, 11) is 2.31. The van der Waals surface area contributed by atoms with Crippen LogP contribution in [0.1, 0.15) is 34.1 Å². The number of alkyl carbamates (subject to hydrolysis) is 1. The van der Waals surface area contributed by atoms with Crippen molar-refractivity contribution in [1.82, 2.24) is 10.6 Å². The molecule has 2 atom stereocenters. The second-order valence-corrected chi connectivity index (χ2v) is 5.74. The van der Waals surface area contributed by atoms with E-state index >= 15 is 0 Å². The Bertz CT molecular complexity index is 457. The van der Waals surface area contributed by atoms with E-state index in [-0.39, 0.29) is 0 Å². The fourth-order valence-electron chi connectivity index (χ4n) is 1.51. The van der Waals surface area contributed by atoms with Gasteiger partial charge >= 0.3 is 18.0 Å². The number of hydrogen-bond acceptors (Lipinski definition) is 7. The first-order valence-corrected chi connectivity index (χ1v) is 6.94. The molecule has 0 aromatic rings. The molecule has 0 aromatic heterocycles. The third-order valence-corrected chi connectivity index (χ3v) is 2.50. The number of carbonyl (C=O) groups excluding carboxylic acids is 4. The largest absolute Gasteiger partial charge is 0.467 e. The zero-order chi connectivity index (χ0) is 18.2. The number of amides is 2. The highest BCUT2D eigenvalue weighted by Gasteiger charge is 2.28. The first kappa shape index (κ1) is 20.7. The number of carbonyl (C=O) groups is 4. The fourth-order valence-corrected chi connectivity index (χ4v) is 1.51. The van der Waals surface area contributed by atoms with Gasteiger partial charge in [-0.25, -0.2) is 14.4 Å². The van der Waals surface area contributed by atoms with Gasteiger partial charge in [0.25, 0.3) is 0 Å². The van der Waals surface area contributed by atoms with E-state index in [1.54, 1.807) is 20.8 Å². The van der Waals surface area contributed by atoms with E-state index in [2.05, 4.69) is 20.1 Å². The van der Waals surface area contributed by atoms with E-state index in [9.17, 15) is 19.2 Å². The lowest BCUT2D eigenvalue weighted by atomic mass is 10.2. The minimum atomic E-state index is -1.24. The van der Waals surface area contributed by atoms with Gasteiger partial charge in [0.1, 0.15) is 17.7 Å². The first-order chi connectivity index (χ1) is 10.5. The van der Waals surface area contributed by atoms with Crippen LogP contribution in [0.4, 0.5) is 4.79 Å². The second-order valence-electron chi connectivity index (χ2n) is 5.74. The first-order valence-electron chi connectivity index (χ1n) is 6.94. The molecule has 0 bridgehead atoms. The molecule has 9 nitrogen and oxygen atoms in total. The lowest BCUT2D eigenvalue weighted by molar-refractivity contribution is -0.146. The minimum absolute atomic E-state index is 0.409. The third kappa shape index (κ3) is 8.64. The molecule has 0 fully saturated rings. The van der Waals surface area contributed by atoms with Gasteiger partial charge in [0, 0.05) is 0 Å². The molecule has 9 heteroatoms. The van der Waals surface area contributed by atoms with Crippen LogP contribution in [0.3, 0.4) is 0 Å². The summed E-state index contributed by atoms with van der Waals surface area (Å²) in [4.78, 5) is 46.5. The van der Waals surface area contributed by atoms with Crippen LogP contribution < -0.4 is 10.6 Å². The smallest absolute Gasteiger partial charge is 0.408 e. The van der Waals surface area contributed by atoms with Crippen LogP contribution in [-0.2, 0) is 28.6 Å². The van der Waals surface area contributed by atoms with Gasteiger partial charge in [-0.15, -0.1) is 0 Å². The van der Waals surface area contributed by atoms with Crippen molar-refractivity contribution in [3.63, 3.8) is 0 Å². The van der Waals surface area contributed by atoms with Crippen LogP contribution >= 0.6 is 0 Å². The fraction of sp³-hybridized carbons (Fsp3) is 0.714. The molecule has 132 valence electrons. The van der Waals surface area contributed by atoms with Crippen LogP contribution in [0.2, 0.25) is 0 Å². The van der Waals surface area contributed by atoms with Crippen molar-refractivity contribution in [3.05, 3.63) is 0 Å². The van der Waals surface area contributed by atoms with E-state index in [0.29, 0.717) is 0 Å². The molecular formula is C14H24N2O7. The monoisotopic (exact) mass is 332 g/mol. The lowest BCUT2D eigenvalue weighted by Crippen LogP contribution is -2.48. The van der Waals surface area contributed by atoms with Crippen molar-refractivity contribution in [1.29, 1.82) is 0 Å². The molecule has 0 heterocycles. The number of esters is 2. The van der Waals surface area contributed by atoms with Crippen LogP contribution in [-0.4, -0.2) is 55.8 Å². The van der Waals surface area contributed by atoms with Crippen molar-refractivity contribution in [2.24, 2.45) is 0 Å². The maximum atomic E-state index is 11.9. The molecule has 0 rings (SSSR count). The highest BCUT2D eigenvalue weighted by atomic mass is 16.6. The molecule has 0 aliphatic rings. The topological polar surface area (TPSA) is 120 Å². The maximum Gasteiger partial charge on any atom is 0.408 e. The summed E-state index contributed by atoms with van der Waals surface area (Å²) < 4.78 is 14.0. The zero-order valence-electron chi connectivity index (χ0n) is 14.2. The van der Waals surface area contributed by atoms with Crippen molar-refractivity contribution >= 4 is 23.9 Å². The Morgan fingerprint density at radius 1 is 0.957 bits per heavy atom. The standard InChI is InChI=1S/C14H24N2O7/c1-8(11(18)21-5)15-10(17)7-9(12(19)22-6)16-13(20)23-14(2,3)4/h8-9H,7H2,1-6H3,(H,15,17)(H,16,20)/t8-,9-/m0/s1. The average Bonchev–Trinajstić information content (AvgIpc) is 2.42. The van der Waals surface area contributed by atoms with Gasteiger partial charge in [-0.1, -0.05) is 0 Å². The van der Waals surface area contributed by atoms with Crippen molar-refractivity contribution in [2.75, 3.05) is 14.2 Å². The molecule has 0 spiro atoms. The molecular weight excluding hydrogens is 308 g/mol. The molecule has 0 radical (unpaired) electrons. The van der Waals surface area contributed by atoms with E-state index in [4.69, 9.17) is 4.74 Å². The highest BCUT2D eigenvalue weighted by molar-refractivity contribution is 5.90. The molecule has 2 amide bonds. The highest BCUT2D eigenvalue weighted by Crippen LogP contribution is 2.07. The quantitative estimate of drug-likeness (QED) is 0.523. The Morgan fingerprint density at radius 2 is 1.48 bits per heavy atom. The Labute approximate surface area is 135 Å². The summed E-state index contributed by atoms with van der Waals surface area (Å²) in [5.41, 5.74) is -0.758.